The van der Waals surface area contributed by atoms with E-state index in [-0.39, 0.29) is 0 Å². The van der Waals surface area contributed by atoms with Crippen LogP contribution in [0.5, 0.6) is 0 Å². The molecule has 0 aliphatic carbocycles. The van der Waals surface area contributed by atoms with Gasteiger partial charge in [-0.25, -0.2) is 0 Å². The SMILES string of the molecule is C=C(CCCC(CCCN)(OCC)C(=C(OCC)OCC)[Si](OCC)(OCC)OCC)[Si](OCC)(OCC)OCC. The number of ether oxygens (including phenoxy) is 3. The molecule has 0 amide bonds. The zero-order valence-electron chi connectivity index (χ0n) is 27.6. The summed E-state index contributed by atoms with van der Waals surface area (Å²) in [4.78, 5) is 0. The first-order valence-electron chi connectivity index (χ1n) is 15.6. The summed E-state index contributed by atoms with van der Waals surface area (Å²) >= 11 is 0. The number of hydrogen-bond donors (Lipinski definition) is 1. The highest BCUT2D eigenvalue weighted by molar-refractivity contribution is 6.69. The quantitative estimate of drug-likeness (QED) is 0.0863. The lowest BCUT2D eigenvalue weighted by Gasteiger charge is -2.43. The van der Waals surface area contributed by atoms with Gasteiger partial charge in [0, 0.05) is 46.2 Å². The predicted octanol–water partition coefficient (Wildman–Crippen LogP) is 5.69. The van der Waals surface area contributed by atoms with Crippen LogP contribution in [0, 0.1) is 0 Å². The number of nitrogens with two attached hydrogens (primary N) is 1. The van der Waals surface area contributed by atoms with Crippen molar-refractivity contribution in [3.8, 4) is 0 Å². The van der Waals surface area contributed by atoms with Crippen molar-refractivity contribution >= 4 is 17.6 Å². The fraction of sp³-hybridized carbons (Fsp3) is 0.862. The number of allylic oxidation sites excluding steroid dienone is 1. The second-order valence-corrected chi connectivity index (χ2v) is 14.2. The second-order valence-electron chi connectivity index (χ2n) is 9.02. The fourth-order valence-electron chi connectivity index (χ4n) is 4.95. The van der Waals surface area contributed by atoms with Gasteiger partial charge in [-0.05, 0) is 106 Å². The topological polar surface area (TPSA) is 109 Å². The van der Waals surface area contributed by atoms with Gasteiger partial charge in [0.25, 0.3) is 5.95 Å². The van der Waals surface area contributed by atoms with E-state index in [9.17, 15) is 0 Å². The molecule has 0 aromatic carbocycles. The van der Waals surface area contributed by atoms with Gasteiger partial charge < -0.3 is 46.5 Å². The Labute approximate surface area is 252 Å². The molecule has 10 nitrogen and oxygen atoms in total. The Balaban J connectivity index is 7.06. The van der Waals surface area contributed by atoms with Crippen LogP contribution in [-0.4, -0.2) is 89.2 Å². The maximum Gasteiger partial charge on any atom is 0.543 e. The Morgan fingerprint density at radius 3 is 1.37 bits per heavy atom. The van der Waals surface area contributed by atoms with E-state index in [1.807, 2.05) is 62.3 Å². The molecule has 0 rings (SSSR count). The number of hydrogen-bond acceptors (Lipinski definition) is 10. The summed E-state index contributed by atoms with van der Waals surface area (Å²) in [5, 5.41) is 1.53. The lowest BCUT2D eigenvalue weighted by molar-refractivity contribution is -0.0484. The van der Waals surface area contributed by atoms with Crippen molar-refractivity contribution in [2.24, 2.45) is 5.73 Å². The van der Waals surface area contributed by atoms with E-state index in [1.165, 1.54) is 0 Å². The third kappa shape index (κ3) is 12.0. The van der Waals surface area contributed by atoms with E-state index in [1.54, 1.807) is 0 Å². The first-order valence-corrected chi connectivity index (χ1v) is 19.1. The van der Waals surface area contributed by atoms with Crippen LogP contribution in [0.25, 0.3) is 0 Å². The summed E-state index contributed by atoms with van der Waals surface area (Å²) in [6.07, 6.45) is 3.24. The summed E-state index contributed by atoms with van der Waals surface area (Å²) in [5.74, 6) is 0.350. The lowest BCUT2D eigenvalue weighted by Crippen LogP contribution is -2.57. The molecule has 0 aliphatic heterocycles. The van der Waals surface area contributed by atoms with Crippen LogP contribution in [0.3, 0.4) is 0 Å². The van der Waals surface area contributed by atoms with Crippen molar-refractivity contribution < 1.29 is 40.8 Å². The fourth-order valence-corrected chi connectivity index (χ4v) is 10.5. The van der Waals surface area contributed by atoms with E-state index in [0.717, 1.165) is 5.20 Å². The summed E-state index contributed by atoms with van der Waals surface area (Å²) in [6.45, 7) is 26.2. The van der Waals surface area contributed by atoms with E-state index < -0.39 is 23.2 Å². The normalized spacial score (nSPS) is 13.6. The molecule has 0 aromatic rings. The van der Waals surface area contributed by atoms with Crippen LogP contribution in [0.2, 0.25) is 0 Å². The summed E-state index contributed by atoms with van der Waals surface area (Å²) in [5.41, 5.74) is 5.19. The molecule has 0 bridgehead atoms. The van der Waals surface area contributed by atoms with Crippen molar-refractivity contribution in [3.63, 3.8) is 0 Å². The van der Waals surface area contributed by atoms with Gasteiger partial charge in [-0.3, -0.25) is 0 Å². The molecule has 244 valence electrons. The molecule has 0 heterocycles. The minimum atomic E-state index is -3.56. The highest BCUT2D eigenvalue weighted by Gasteiger charge is 2.58. The maximum absolute atomic E-state index is 6.73. The maximum atomic E-state index is 6.73. The van der Waals surface area contributed by atoms with Crippen molar-refractivity contribution in [1.82, 2.24) is 0 Å². The summed E-state index contributed by atoms with van der Waals surface area (Å²) in [7, 11) is -6.63. The van der Waals surface area contributed by atoms with Gasteiger partial charge in [0.05, 0.1) is 18.8 Å². The first-order chi connectivity index (χ1) is 19.8. The smallest absolute Gasteiger partial charge is 0.466 e. The molecule has 0 saturated carbocycles. The molecule has 2 N–H and O–H groups in total. The van der Waals surface area contributed by atoms with Gasteiger partial charge in [-0.2, -0.15) is 0 Å². The van der Waals surface area contributed by atoms with Gasteiger partial charge in [-0.15, -0.1) is 0 Å². The minimum Gasteiger partial charge on any atom is -0.466 e. The molecular formula is C29H61NO9Si2. The predicted molar refractivity (Wildman–Crippen MR) is 167 cm³/mol. The van der Waals surface area contributed by atoms with Crippen molar-refractivity contribution in [2.45, 2.75) is 100 Å². The third-order valence-corrected chi connectivity index (χ3v) is 12.6. The van der Waals surface area contributed by atoms with Crippen LogP contribution in [0.1, 0.15) is 94.4 Å². The first kappa shape index (κ1) is 40.2. The van der Waals surface area contributed by atoms with Crippen molar-refractivity contribution in [2.75, 3.05) is 66.0 Å². The molecule has 0 saturated heterocycles. The lowest BCUT2D eigenvalue weighted by atomic mass is 9.90. The molecule has 0 fully saturated rings. The molecule has 0 aliphatic rings. The van der Waals surface area contributed by atoms with Gasteiger partial charge in [0.2, 0.25) is 0 Å². The summed E-state index contributed by atoms with van der Waals surface area (Å²) < 4.78 is 56.8. The molecule has 1 unspecified atom stereocenters. The van der Waals surface area contributed by atoms with Crippen LogP contribution in [0.4, 0.5) is 0 Å². The Hall–Kier alpha value is -0.806. The highest BCUT2D eigenvalue weighted by Crippen LogP contribution is 2.42. The summed E-state index contributed by atoms with van der Waals surface area (Å²) in [6, 6.07) is 0. The van der Waals surface area contributed by atoms with E-state index in [4.69, 9.17) is 46.5 Å². The van der Waals surface area contributed by atoms with E-state index in [2.05, 4.69) is 6.58 Å². The van der Waals surface area contributed by atoms with E-state index in [0.29, 0.717) is 109 Å². The average molecular weight is 624 g/mol. The van der Waals surface area contributed by atoms with Crippen LogP contribution >= 0.6 is 0 Å². The average Bonchev–Trinajstić information content (AvgIpc) is 2.93. The molecule has 0 aromatic heterocycles. The zero-order valence-corrected chi connectivity index (χ0v) is 29.6. The monoisotopic (exact) mass is 623 g/mol. The van der Waals surface area contributed by atoms with Crippen LogP contribution in [-0.2, 0) is 40.8 Å². The molecular weight excluding hydrogens is 562 g/mol. The molecule has 41 heavy (non-hydrogen) atoms. The third-order valence-electron chi connectivity index (χ3n) is 6.22. The molecule has 12 heteroatoms. The van der Waals surface area contributed by atoms with Gasteiger partial charge >= 0.3 is 17.6 Å². The zero-order chi connectivity index (χ0) is 31.2. The Morgan fingerprint density at radius 2 is 1.00 bits per heavy atom. The van der Waals surface area contributed by atoms with Crippen molar-refractivity contribution in [3.05, 3.63) is 22.9 Å². The molecule has 0 radical (unpaired) electrons. The Kier molecular flexibility index (Phi) is 22.2. The highest BCUT2D eigenvalue weighted by atomic mass is 28.4. The molecule has 0 spiro atoms. The molecule has 1 atom stereocenters. The van der Waals surface area contributed by atoms with Gasteiger partial charge in [-0.1, -0.05) is 6.58 Å². The largest absolute Gasteiger partial charge is 0.543 e. The Bertz CT molecular complexity index is 684. The van der Waals surface area contributed by atoms with E-state index >= 15 is 0 Å². The van der Waals surface area contributed by atoms with Gasteiger partial charge in [0.1, 0.15) is 5.20 Å². The van der Waals surface area contributed by atoms with Crippen LogP contribution < -0.4 is 5.73 Å². The van der Waals surface area contributed by atoms with Gasteiger partial charge in [0.15, 0.2) is 0 Å². The second kappa shape index (κ2) is 22.7. The van der Waals surface area contributed by atoms with Crippen LogP contribution in [0.15, 0.2) is 22.9 Å². The standard InChI is InChI=1S/C29H61NO9Si2/c1-11-31-28(32-12-2)27(41(37-17-7,38-18-8)39-19-9)29(33-13-3,24-21-25-30)23-20-22-26(10)40(34-14-4,35-15-5)36-16-6/h10-25,30H2,1-9H3. The Morgan fingerprint density at radius 1 is 0.585 bits per heavy atom. The number of rotatable bonds is 28. The van der Waals surface area contributed by atoms with Crippen molar-refractivity contribution in [1.29, 1.82) is 0 Å². The minimum absolute atomic E-state index is 0.350.